The molecule has 6 nitrogen and oxygen atoms in total. The summed E-state index contributed by atoms with van der Waals surface area (Å²) in [4.78, 5) is 23.4. The zero-order chi connectivity index (χ0) is 16.9. The Kier molecular flexibility index (Phi) is 5.22. The molecule has 1 N–H and O–H groups in total. The Balaban J connectivity index is 1.73. The third-order valence-corrected chi connectivity index (χ3v) is 3.83. The highest BCUT2D eigenvalue weighted by molar-refractivity contribution is 5.81. The monoisotopic (exact) mass is 316 g/mol. The van der Waals surface area contributed by atoms with Gasteiger partial charge in [-0.15, -0.1) is 0 Å². The number of aryl methyl sites for hydroxylation is 1. The van der Waals surface area contributed by atoms with Crippen molar-refractivity contribution in [2.45, 2.75) is 32.2 Å². The Bertz CT molecular complexity index is 634. The SMILES string of the molecule is Cc1ccccc1OCC(=O)OCC(=O)N[C@@](C)(C#N)C1CC1. The molecule has 1 aromatic rings. The van der Waals surface area contributed by atoms with Gasteiger partial charge in [0.1, 0.15) is 11.3 Å². The number of nitrogens with one attached hydrogen (secondary N) is 1. The molecule has 0 radical (unpaired) electrons. The zero-order valence-corrected chi connectivity index (χ0v) is 13.3. The van der Waals surface area contributed by atoms with Crippen molar-refractivity contribution >= 4 is 11.9 Å². The average Bonchev–Trinajstić information content (AvgIpc) is 3.37. The van der Waals surface area contributed by atoms with Gasteiger partial charge in [0.15, 0.2) is 13.2 Å². The summed E-state index contributed by atoms with van der Waals surface area (Å²) in [5.41, 5.74) is 0.0217. The predicted molar refractivity (Wildman–Crippen MR) is 82.5 cm³/mol. The van der Waals surface area contributed by atoms with E-state index in [9.17, 15) is 9.59 Å². The molecule has 0 unspecified atom stereocenters. The van der Waals surface area contributed by atoms with Gasteiger partial charge in [-0.2, -0.15) is 5.26 Å². The third-order valence-electron chi connectivity index (χ3n) is 3.83. The van der Waals surface area contributed by atoms with Gasteiger partial charge in [0.25, 0.3) is 5.91 Å². The average molecular weight is 316 g/mol. The first-order valence-electron chi connectivity index (χ1n) is 7.51. The molecule has 1 aliphatic carbocycles. The number of esters is 1. The Morgan fingerprint density at radius 2 is 2.04 bits per heavy atom. The van der Waals surface area contributed by atoms with Crippen LogP contribution in [0.25, 0.3) is 0 Å². The van der Waals surface area contributed by atoms with Crippen molar-refractivity contribution < 1.29 is 19.1 Å². The minimum Gasteiger partial charge on any atom is -0.482 e. The largest absolute Gasteiger partial charge is 0.482 e. The van der Waals surface area contributed by atoms with Gasteiger partial charge in [0.2, 0.25) is 0 Å². The van der Waals surface area contributed by atoms with Gasteiger partial charge in [0.05, 0.1) is 6.07 Å². The van der Waals surface area contributed by atoms with E-state index in [4.69, 9.17) is 14.7 Å². The van der Waals surface area contributed by atoms with Crippen LogP contribution in [0.1, 0.15) is 25.3 Å². The van der Waals surface area contributed by atoms with Gasteiger partial charge in [-0.05, 0) is 44.2 Å². The van der Waals surface area contributed by atoms with Crippen LogP contribution in [0.15, 0.2) is 24.3 Å². The van der Waals surface area contributed by atoms with E-state index in [1.165, 1.54) is 0 Å². The standard InChI is InChI=1S/C17H20N2O4/c1-12-5-3-4-6-14(12)22-10-16(21)23-9-15(20)19-17(2,11-18)13-7-8-13/h3-6,13H,7-10H2,1-2H3,(H,19,20)/t17-/m0/s1. The van der Waals surface area contributed by atoms with Gasteiger partial charge in [0, 0.05) is 0 Å². The molecule has 0 spiro atoms. The molecular formula is C17H20N2O4. The Hall–Kier alpha value is -2.55. The van der Waals surface area contributed by atoms with Crippen molar-refractivity contribution in [3.05, 3.63) is 29.8 Å². The zero-order valence-electron chi connectivity index (χ0n) is 13.3. The molecule has 0 bridgehead atoms. The number of hydrogen-bond acceptors (Lipinski definition) is 5. The molecule has 2 rings (SSSR count). The highest BCUT2D eigenvalue weighted by Gasteiger charge is 2.43. The number of nitrogens with zero attached hydrogens (tertiary/aromatic N) is 1. The fourth-order valence-corrected chi connectivity index (χ4v) is 2.25. The predicted octanol–water partition coefficient (Wildman–Crippen LogP) is 1.73. The van der Waals surface area contributed by atoms with E-state index in [1.54, 1.807) is 13.0 Å². The number of amides is 1. The molecule has 1 aromatic carbocycles. The van der Waals surface area contributed by atoms with E-state index in [0.717, 1.165) is 18.4 Å². The summed E-state index contributed by atoms with van der Waals surface area (Å²) in [5, 5.41) is 11.8. The molecule has 1 aliphatic rings. The number of carbonyl (C=O) groups excluding carboxylic acids is 2. The number of hydrogen-bond donors (Lipinski definition) is 1. The maximum atomic E-state index is 11.8. The van der Waals surface area contributed by atoms with E-state index >= 15 is 0 Å². The number of benzene rings is 1. The van der Waals surface area contributed by atoms with Gasteiger partial charge >= 0.3 is 5.97 Å². The summed E-state index contributed by atoms with van der Waals surface area (Å²) in [6.07, 6.45) is 1.85. The molecule has 23 heavy (non-hydrogen) atoms. The van der Waals surface area contributed by atoms with Crippen molar-refractivity contribution in [1.29, 1.82) is 5.26 Å². The molecule has 0 heterocycles. The molecule has 1 fully saturated rings. The molecule has 0 saturated heterocycles. The summed E-state index contributed by atoms with van der Waals surface area (Å²) < 4.78 is 10.2. The molecule has 1 atom stereocenters. The first kappa shape index (κ1) is 16.8. The number of carbonyl (C=O) groups is 2. The minimum absolute atomic E-state index is 0.177. The topological polar surface area (TPSA) is 88.4 Å². The second kappa shape index (κ2) is 7.14. The second-order valence-electron chi connectivity index (χ2n) is 5.85. The van der Waals surface area contributed by atoms with Crippen molar-refractivity contribution in [3.8, 4) is 11.8 Å². The van der Waals surface area contributed by atoms with Crippen LogP contribution in [-0.2, 0) is 14.3 Å². The summed E-state index contributed by atoms with van der Waals surface area (Å²) in [5.74, 6) is -0.338. The molecule has 0 aromatic heterocycles. The fourth-order valence-electron chi connectivity index (χ4n) is 2.25. The van der Waals surface area contributed by atoms with E-state index < -0.39 is 24.0 Å². The van der Waals surface area contributed by atoms with Crippen LogP contribution in [-0.4, -0.2) is 30.6 Å². The number of para-hydroxylation sites is 1. The lowest BCUT2D eigenvalue weighted by Crippen LogP contribution is -2.48. The highest BCUT2D eigenvalue weighted by Crippen LogP contribution is 2.39. The van der Waals surface area contributed by atoms with Crippen LogP contribution in [0.2, 0.25) is 0 Å². The molecular weight excluding hydrogens is 296 g/mol. The lowest BCUT2D eigenvalue weighted by atomic mass is 9.98. The fraction of sp³-hybridized carbons (Fsp3) is 0.471. The smallest absolute Gasteiger partial charge is 0.344 e. The highest BCUT2D eigenvalue weighted by atomic mass is 16.6. The summed E-state index contributed by atoms with van der Waals surface area (Å²) in [6, 6.07) is 9.42. The van der Waals surface area contributed by atoms with Crippen molar-refractivity contribution in [3.63, 3.8) is 0 Å². The minimum atomic E-state index is -0.888. The van der Waals surface area contributed by atoms with Gasteiger partial charge in [-0.3, -0.25) is 4.79 Å². The molecule has 0 aliphatic heterocycles. The normalized spacial score (nSPS) is 15.9. The van der Waals surface area contributed by atoms with Crippen LogP contribution >= 0.6 is 0 Å². The van der Waals surface area contributed by atoms with E-state index in [2.05, 4.69) is 11.4 Å². The maximum Gasteiger partial charge on any atom is 0.344 e. The van der Waals surface area contributed by atoms with Crippen molar-refractivity contribution in [1.82, 2.24) is 5.32 Å². The Morgan fingerprint density at radius 1 is 1.35 bits per heavy atom. The van der Waals surface area contributed by atoms with E-state index in [0.29, 0.717) is 5.75 Å². The lowest BCUT2D eigenvalue weighted by Gasteiger charge is -2.22. The molecule has 1 saturated carbocycles. The lowest BCUT2D eigenvalue weighted by molar-refractivity contribution is -0.150. The first-order valence-corrected chi connectivity index (χ1v) is 7.51. The number of nitriles is 1. The Morgan fingerprint density at radius 3 is 2.65 bits per heavy atom. The number of rotatable bonds is 7. The second-order valence-corrected chi connectivity index (χ2v) is 5.85. The molecule has 122 valence electrons. The van der Waals surface area contributed by atoms with Gasteiger partial charge < -0.3 is 14.8 Å². The van der Waals surface area contributed by atoms with Gasteiger partial charge in [-0.25, -0.2) is 4.79 Å². The van der Waals surface area contributed by atoms with Crippen molar-refractivity contribution in [2.24, 2.45) is 5.92 Å². The summed E-state index contributed by atoms with van der Waals surface area (Å²) in [7, 11) is 0. The van der Waals surface area contributed by atoms with Crippen LogP contribution in [0.3, 0.4) is 0 Å². The van der Waals surface area contributed by atoms with Crippen LogP contribution in [0, 0.1) is 24.2 Å². The van der Waals surface area contributed by atoms with E-state index in [-0.39, 0.29) is 12.5 Å². The summed E-state index contributed by atoms with van der Waals surface area (Å²) in [6.45, 7) is 2.87. The molecule has 6 heteroatoms. The summed E-state index contributed by atoms with van der Waals surface area (Å²) >= 11 is 0. The van der Waals surface area contributed by atoms with E-state index in [1.807, 2.05) is 25.1 Å². The third kappa shape index (κ3) is 4.71. The van der Waals surface area contributed by atoms with Crippen molar-refractivity contribution in [2.75, 3.05) is 13.2 Å². The molecule has 1 amide bonds. The quantitative estimate of drug-likeness (QED) is 0.774. The van der Waals surface area contributed by atoms with Gasteiger partial charge in [-0.1, -0.05) is 18.2 Å². The maximum absolute atomic E-state index is 11.8. The van der Waals surface area contributed by atoms with Crippen LogP contribution < -0.4 is 10.1 Å². The number of ether oxygens (including phenoxy) is 2. The van der Waals surface area contributed by atoms with Crippen LogP contribution in [0.4, 0.5) is 0 Å². The first-order chi connectivity index (χ1) is 10.9. The van der Waals surface area contributed by atoms with Crippen LogP contribution in [0.5, 0.6) is 5.75 Å². The Labute approximate surface area is 135 Å².